The molecule has 3 aromatic rings. The maximum absolute atomic E-state index is 12.2. The maximum Gasteiger partial charge on any atom is 0.226 e. The number of aryl methyl sites for hydroxylation is 1. The van der Waals surface area contributed by atoms with Gasteiger partial charge in [-0.1, -0.05) is 24.3 Å². The summed E-state index contributed by atoms with van der Waals surface area (Å²) in [6.45, 7) is 3.45. The molecular weight excluding hydrogens is 302 g/mol. The van der Waals surface area contributed by atoms with Crippen LogP contribution in [0, 0.1) is 0 Å². The number of carbonyl (C=O) groups is 1. The molecule has 0 spiro atoms. The molecule has 2 aromatic heterocycles. The maximum atomic E-state index is 12.2. The normalized spacial score (nSPS) is 16.7. The predicted molar refractivity (Wildman–Crippen MR) is 90.8 cm³/mol. The molecular formula is C18H19N5O. The van der Waals surface area contributed by atoms with Gasteiger partial charge in [-0.2, -0.15) is 10.2 Å². The number of benzene rings is 1. The van der Waals surface area contributed by atoms with Crippen LogP contribution >= 0.6 is 0 Å². The molecule has 4 rings (SSSR count). The molecule has 0 radical (unpaired) electrons. The van der Waals surface area contributed by atoms with Crippen molar-refractivity contribution in [2.24, 2.45) is 0 Å². The topological polar surface area (TPSA) is 64.7 Å². The molecule has 0 saturated carbocycles. The van der Waals surface area contributed by atoms with Crippen LogP contribution in [0.2, 0.25) is 0 Å². The molecule has 6 heteroatoms. The summed E-state index contributed by atoms with van der Waals surface area (Å²) in [5, 5.41) is 11.7. The van der Waals surface area contributed by atoms with Crippen LogP contribution in [-0.4, -0.2) is 25.5 Å². The Balaban J connectivity index is 1.77. The van der Waals surface area contributed by atoms with E-state index < -0.39 is 0 Å². The number of hydrogen-bond donors (Lipinski definition) is 1. The van der Waals surface area contributed by atoms with E-state index in [1.54, 1.807) is 6.20 Å². The molecule has 0 unspecified atom stereocenters. The van der Waals surface area contributed by atoms with E-state index in [-0.39, 0.29) is 11.8 Å². The van der Waals surface area contributed by atoms with E-state index >= 15 is 0 Å². The highest BCUT2D eigenvalue weighted by Crippen LogP contribution is 2.38. The number of carbonyl (C=O) groups excluding carboxylic acids is 1. The quantitative estimate of drug-likeness (QED) is 0.803. The standard InChI is InChI=1S/C18H19N5O/c1-2-23-18-16(11-20-23)15(10-17(24)21-18)14-7-4-3-6-13(14)12-22-9-5-8-19-22/h3-9,11,15H,2,10,12H2,1H3,(H,21,24)/t15-/m0/s1. The summed E-state index contributed by atoms with van der Waals surface area (Å²) in [4.78, 5) is 12.2. The Morgan fingerprint density at radius 3 is 2.88 bits per heavy atom. The van der Waals surface area contributed by atoms with Gasteiger partial charge in [-0.25, -0.2) is 4.68 Å². The number of anilines is 1. The third-order valence-corrected chi connectivity index (χ3v) is 4.51. The number of rotatable bonds is 4. The minimum Gasteiger partial charge on any atom is -0.311 e. The van der Waals surface area contributed by atoms with Crippen LogP contribution in [0.5, 0.6) is 0 Å². The molecule has 1 atom stereocenters. The van der Waals surface area contributed by atoms with E-state index in [0.717, 1.165) is 17.9 Å². The van der Waals surface area contributed by atoms with Gasteiger partial charge in [0.1, 0.15) is 5.82 Å². The van der Waals surface area contributed by atoms with Gasteiger partial charge in [-0.05, 0) is 24.1 Å². The second kappa shape index (κ2) is 5.96. The minimum atomic E-state index is 0.0285. The third kappa shape index (κ3) is 2.50. The Morgan fingerprint density at radius 1 is 1.21 bits per heavy atom. The van der Waals surface area contributed by atoms with Gasteiger partial charge in [0, 0.05) is 36.8 Å². The monoisotopic (exact) mass is 321 g/mol. The van der Waals surface area contributed by atoms with E-state index in [1.165, 1.54) is 11.1 Å². The molecule has 1 aliphatic rings. The molecule has 24 heavy (non-hydrogen) atoms. The SMILES string of the molecule is CCn1ncc2c1NC(=O)C[C@H]2c1ccccc1Cn1cccn1. The second-order valence-electron chi connectivity index (χ2n) is 5.97. The Bertz CT molecular complexity index is 865. The van der Waals surface area contributed by atoms with Crippen molar-refractivity contribution < 1.29 is 4.79 Å². The molecule has 3 heterocycles. The van der Waals surface area contributed by atoms with Gasteiger partial charge in [0.15, 0.2) is 0 Å². The lowest BCUT2D eigenvalue weighted by Gasteiger charge is -2.25. The largest absolute Gasteiger partial charge is 0.311 e. The van der Waals surface area contributed by atoms with Gasteiger partial charge in [-0.3, -0.25) is 9.48 Å². The average molecular weight is 321 g/mol. The summed E-state index contributed by atoms with van der Waals surface area (Å²) in [6, 6.07) is 10.2. The fourth-order valence-electron chi connectivity index (χ4n) is 3.37. The van der Waals surface area contributed by atoms with Crippen molar-refractivity contribution in [3.63, 3.8) is 0 Å². The summed E-state index contributed by atoms with van der Waals surface area (Å²) in [5.74, 6) is 0.894. The van der Waals surface area contributed by atoms with E-state index in [9.17, 15) is 4.79 Å². The van der Waals surface area contributed by atoms with Crippen molar-refractivity contribution in [2.45, 2.75) is 32.4 Å². The van der Waals surface area contributed by atoms with Crippen LogP contribution in [0.25, 0.3) is 0 Å². The molecule has 0 bridgehead atoms. The van der Waals surface area contributed by atoms with Crippen molar-refractivity contribution in [3.05, 3.63) is 65.6 Å². The Labute approximate surface area is 140 Å². The van der Waals surface area contributed by atoms with Crippen molar-refractivity contribution in [1.82, 2.24) is 19.6 Å². The van der Waals surface area contributed by atoms with Gasteiger partial charge in [-0.15, -0.1) is 0 Å². The first kappa shape index (κ1) is 14.7. The van der Waals surface area contributed by atoms with Gasteiger partial charge >= 0.3 is 0 Å². The Morgan fingerprint density at radius 2 is 2.08 bits per heavy atom. The molecule has 6 nitrogen and oxygen atoms in total. The number of nitrogens with one attached hydrogen (secondary N) is 1. The zero-order valence-electron chi connectivity index (χ0n) is 13.5. The highest BCUT2D eigenvalue weighted by Gasteiger charge is 2.30. The van der Waals surface area contributed by atoms with Gasteiger partial charge in [0.2, 0.25) is 5.91 Å². The minimum absolute atomic E-state index is 0.0285. The lowest BCUT2D eigenvalue weighted by Crippen LogP contribution is -2.25. The summed E-state index contributed by atoms with van der Waals surface area (Å²) in [6.07, 6.45) is 6.05. The van der Waals surface area contributed by atoms with Crippen molar-refractivity contribution in [1.29, 1.82) is 0 Å². The fraction of sp³-hybridized carbons (Fsp3) is 0.278. The lowest BCUT2D eigenvalue weighted by molar-refractivity contribution is -0.116. The first-order valence-electron chi connectivity index (χ1n) is 8.17. The number of amides is 1. The zero-order chi connectivity index (χ0) is 16.5. The predicted octanol–water partition coefficient (Wildman–Crippen LogP) is 2.62. The highest BCUT2D eigenvalue weighted by molar-refractivity contribution is 5.94. The van der Waals surface area contributed by atoms with E-state index in [4.69, 9.17) is 0 Å². The third-order valence-electron chi connectivity index (χ3n) is 4.51. The molecule has 1 N–H and O–H groups in total. The number of hydrogen-bond acceptors (Lipinski definition) is 3. The molecule has 1 amide bonds. The van der Waals surface area contributed by atoms with Crippen LogP contribution in [0.4, 0.5) is 5.82 Å². The fourth-order valence-corrected chi connectivity index (χ4v) is 3.37. The summed E-state index contributed by atoms with van der Waals surface area (Å²) in [7, 11) is 0. The van der Waals surface area contributed by atoms with Crippen molar-refractivity contribution in [3.8, 4) is 0 Å². The van der Waals surface area contributed by atoms with Gasteiger partial charge in [0.25, 0.3) is 0 Å². The second-order valence-corrected chi connectivity index (χ2v) is 5.97. The van der Waals surface area contributed by atoms with Crippen LogP contribution in [0.15, 0.2) is 48.9 Å². The molecule has 1 aromatic carbocycles. The highest BCUT2D eigenvalue weighted by atomic mass is 16.1. The van der Waals surface area contributed by atoms with E-state index in [0.29, 0.717) is 13.0 Å². The number of aromatic nitrogens is 4. The lowest BCUT2D eigenvalue weighted by atomic mass is 9.84. The summed E-state index contributed by atoms with van der Waals surface area (Å²) in [5.41, 5.74) is 3.43. The van der Waals surface area contributed by atoms with E-state index in [2.05, 4.69) is 27.6 Å². The first-order chi connectivity index (χ1) is 11.8. The molecule has 1 aliphatic heterocycles. The Hall–Kier alpha value is -2.89. The van der Waals surface area contributed by atoms with Crippen molar-refractivity contribution in [2.75, 3.05) is 5.32 Å². The number of fused-ring (bicyclic) bond motifs is 1. The smallest absolute Gasteiger partial charge is 0.226 e. The van der Waals surface area contributed by atoms with Crippen LogP contribution in [0.1, 0.15) is 36.0 Å². The Kier molecular flexibility index (Phi) is 3.65. The molecule has 0 fully saturated rings. The van der Waals surface area contributed by atoms with Crippen LogP contribution < -0.4 is 5.32 Å². The van der Waals surface area contributed by atoms with Crippen LogP contribution in [0.3, 0.4) is 0 Å². The molecule has 0 aliphatic carbocycles. The first-order valence-corrected chi connectivity index (χ1v) is 8.17. The number of nitrogens with zero attached hydrogens (tertiary/aromatic N) is 4. The van der Waals surface area contributed by atoms with Crippen LogP contribution in [-0.2, 0) is 17.9 Å². The van der Waals surface area contributed by atoms with Gasteiger partial charge in [0.05, 0.1) is 12.7 Å². The van der Waals surface area contributed by atoms with E-state index in [1.807, 2.05) is 46.9 Å². The summed E-state index contributed by atoms with van der Waals surface area (Å²) < 4.78 is 3.74. The van der Waals surface area contributed by atoms with Crippen molar-refractivity contribution >= 4 is 11.7 Å². The zero-order valence-corrected chi connectivity index (χ0v) is 13.5. The van der Waals surface area contributed by atoms with Gasteiger partial charge < -0.3 is 5.32 Å². The summed E-state index contributed by atoms with van der Waals surface area (Å²) >= 11 is 0. The average Bonchev–Trinajstić information content (AvgIpc) is 3.24. The molecule has 122 valence electrons. The molecule has 0 saturated heterocycles.